The van der Waals surface area contributed by atoms with Gasteiger partial charge in [0, 0.05) is 35.5 Å². The van der Waals surface area contributed by atoms with Crippen LogP contribution in [-0.4, -0.2) is 52.6 Å². The Hall–Kier alpha value is -3.46. The van der Waals surface area contributed by atoms with Crippen LogP contribution < -0.4 is 4.74 Å². The summed E-state index contributed by atoms with van der Waals surface area (Å²) in [7, 11) is 0. The molecule has 9 heteroatoms. The van der Waals surface area contributed by atoms with Gasteiger partial charge in [0.2, 0.25) is 5.95 Å². The van der Waals surface area contributed by atoms with Crippen molar-refractivity contribution >= 4 is 0 Å². The lowest BCUT2D eigenvalue weighted by Gasteiger charge is -2.10. The van der Waals surface area contributed by atoms with Gasteiger partial charge in [-0.25, -0.2) is 9.36 Å². The molecule has 4 aromatic rings. The second-order valence-electron chi connectivity index (χ2n) is 7.57. The molecular formula is C21H23N7O2. The van der Waals surface area contributed by atoms with Crippen LogP contribution in [0.15, 0.2) is 43.1 Å². The normalized spacial score (nSPS) is 13.1. The predicted molar refractivity (Wildman–Crippen MR) is 110 cm³/mol. The van der Waals surface area contributed by atoms with E-state index in [2.05, 4.69) is 29.0 Å². The van der Waals surface area contributed by atoms with Gasteiger partial charge < -0.3 is 9.84 Å². The summed E-state index contributed by atoms with van der Waals surface area (Å²) in [6, 6.07) is 6.31. The van der Waals surface area contributed by atoms with Crippen LogP contribution in [0.1, 0.15) is 25.5 Å². The molecule has 0 atom stereocenters. The van der Waals surface area contributed by atoms with Crippen LogP contribution in [0, 0.1) is 0 Å². The van der Waals surface area contributed by atoms with Crippen LogP contribution >= 0.6 is 0 Å². The standard InChI is InChI=1S/C21H23N7O2/c1-14(2)28-21(22-13-24-28)27-12-16-5-8-30-19-9-15(3-4-18(19)20(16)25-27)17-10-23-26(11-17)6-7-29/h3-4,9-14,29H,5-8H2,1-2H3. The summed E-state index contributed by atoms with van der Waals surface area (Å²) in [5.41, 5.74) is 4.98. The number of ether oxygens (including phenoxy) is 1. The number of benzene rings is 1. The third-order valence-corrected chi connectivity index (χ3v) is 5.20. The van der Waals surface area contributed by atoms with E-state index in [0.29, 0.717) is 19.1 Å². The van der Waals surface area contributed by atoms with Crippen LogP contribution in [-0.2, 0) is 13.0 Å². The number of hydrogen-bond donors (Lipinski definition) is 1. The first-order valence-corrected chi connectivity index (χ1v) is 10.0. The number of hydrogen-bond acceptors (Lipinski definition) is 6. The van der Waals surface area contributed by atoms with Crippen molar-refractivity contribution in [2.24, 2.45) is 0 Å². The minimum absolute atomic E-state index is 0.0599. The van der Waals surface area contributed by atoms with E-state index in [1.54, 1.807) is 21.9 Å². The van der Waals surface area contributed by atoms with Gasteiger partial charge in [-0.05, 0) is 31.5 Å². The van der Waals surface area contributed by atoms with Crippen molar-refractivity contribution in [3.8, 4) is 34.1 Å². The third kappa shape index (κ3) is 3.17. The molecule has 0 amide bonds. The molecule has 0 bridgehead atoms. The monoisotopic (exact) mass is 405 g/mol. The highest BCUT2D eigenvalue weighted by Crippen LogP contribution is 2.37. The SMILES string of the molecule is CC(C)n1ncnc1-n1cc2c(n1)-c1ccc(-c3cnn(CCO)c3)cc1OCC2. The van der Waals surface area contributed by atoms with Crippen LogP contribution in [0.2, 0.25) is 0 Å². The fourth-order valence-electron chi connectivity index (χ4n) is 3.72. The largest absolute Gasteiger partial charge is 0.493 e. The van der Waals surface area contributed by atoms with Crippen molar-refractivity contribution < 1.29 is 9.84 Å². The quantitative estimate of drug-likeness (QED) is 0.548. The van der Waals surface area contributed by atoms with Gasteiger partial charge in [-0.3, -0.25) is 4.68 Å². The number of aromatic nitrogens is 7. The van der Waals surface area contributed by atoms with Gasteiger partial charge in [0.15, 0.2) is 0 Å². The van der Waals surface area contributed by atoms with Crippen molar-refractivity contribution in [3.05, 3.63) is 48.7 Å². The van der Waals surface area contributed by atoms with Crippen LogP contribution in [0.4, 0.5) is 0 Å². The number of aliphatic hydroxyl groups is 1. The van der Waals surface area contributed by atoms with Crippen LogP contribution in [0.3, 0.4) is 0 Å². The molecule has 0 saturated heterocycles. The molecule has 1 N–H and O–H groups in total. The molecule has 0 fully saturated rings. The molecule has 0 radical (unpaired) electrons. The zero-order valence-electron chi connectivity index (χ0n) is 16.9. The first-order chi connectivity index (χ1) is 14.6. The summed E-state index contributed by atoms with van der Waals surface area (Å²) in [4.78, 5) is 4.40. The average Bonchev–Trinajstić information content (AvgIpc) is 3.46. The summed E-state index contributed by atoms with van der Waals surface area (Å²) < 4.78 is 11.4. The zero-order valence-corrected chi connectivity index (χ0v) is 16.9. The Morgan fingerprint density at radius 3 is 2.90 bits per heavy atom. The molecule has 0 unspecified atom stereocenters. The zero-order chi connectivity index (χ0) is 20.7. The van der Waals surface area contributed by atoms with E-state index in [0.717, 1.165) is 40.1 Å². The molecule has 0 aliphatic carbocycles. The Morgan fingerprint density at radius 2 is 2.07 bits per heavy atom. The second kappa shape index (κ2) is 7.42. The molecule has 1 aliphatic rings. The Labute approximate surface area is 173 Å². The lowest BCUT2D eigenvalue weighted by atomic mass is 10.0. The van der Waals surface area contributed by atoms with Gasteiger partial charge in [0.25, 0.3) is 0 Å². The average molecular weight is 405 g/mol. The first-order valence-electron chi connectivity index (χ1n) is 10.0. The number of aliphatic hydroxyl groups excluding tert-OH is 1. The van der Waals surface area contributed by atoms with Crippen molar-refractivity contribution in [2.45, 2.75) is 32.9 Å². The van der Waals surface area contributed by atoms with Crippen LogP contribution in [0.5, 0.6) is 5.75 Å². The van der Waals surface area contributed by atoms with Gasteiger partial charge >= 0.3 is 0 Å². The molecular weight excluding hydrogens is 382 g/mol. The minimum Gasteiger partial charge on any atom is -0.493 e. The molecule has 1 aromatic carbocycles. The van der Waals surface area contributed by atoms with Gasteiger partial charge in [-0.2, -0.15) is 20.3 Å². The van der Waals surface area contributed by atoms with E-state index in [-0.39, 0.29) is 12.6 Å². The first kappa shape index (κ1) is 18.6. The van der Waals surface area contributed by atoms with Crippen LogP contribution in [0.25, 0.3) is 28.3 Å². The topological polar surface area (TPSA) is 95.8 Å². The molecule has 30 heavy (non-hydrogen) atoms. The minimum atomic E-state index is 0.0599. The van der Waals surface area contributed by atoms with E-state index in [1.165, 1.54) is 0 Å². The van der Waals surface area contributed by atoms with Crippen molar-refractivity contribution in [1.82, 2.24) is 34.3 Å². The van der Waals surface area contributed by atoms with Gasteiger partial charge in [0.1, 0.15) is 12.1 Å². The highest BCUT2D eigenvalue weighted by molar-refractivity contribution is 5.76. The van der Waals surface area contributed by atoms with E-state index in [1.807, 2.05) is 35.3 Å². The van der Waals surface area contributed by atoms with Crippen molar-refractivity contribution in [3.63, 3.8) is 0 Å². The van der Waals surface area contributed by atoms with E-state index in [9.17, 15) is 0 Å². The predicted octanol–water partition coefficient (Wildman–Crippen LogP) is 2.50. The fourth-order valence-corrected chi connectivity index (χ4v) is 3.72. The fraction of sp³-hybridized carbons (Fsp3) is 0.333. The van der Waals surface area contributed by atoms with Crippen molar-refractivity contribution in [1.29, 1.82) is 0 Å². The highest BCUT2D eigenvalue weighted by atomic mass is 16.5. The summed E-state index contributed by atoms with van der Waals surface area (Å²) >= 11 is 0. The lowest BCUT2D eigenvalue weighted by Crippen LogP contribution is -2.11. The Morgan fingerprint density at radius 1 is 1.17 bits per heavy atom. The second-order valence-corrected chi connectivity index (χ2v) is 7.57. The maximum absolute atomic E-state index is 9.10. The molecule has 3 aromatic heterocycles. The molecule has 154 valence electrons. The highest BCUT2D eigenvalue weighted by Gasteiger charge is 2.22. The molecule has 0 spiro atoms. The summed E-state index contributed by atoms with van der Waals surface area (Å²) in [5.74, 6) is 1.50. The number of rotatable bonds is 5. The van der Waals surface area contributed by atoms with Gasteiger partial charge in [-0.15, -0.1) is 0 Å². The van der Waals surface area contributed by atoms with E-state index < -0.39 is 0 Å². The molecule has 1 aliphatic heterocycles. The van der Waals surface area contributed by atoms with Crippen molar-refractivity contribution in [2.75, 3.05) is 13.2 Å². The maximum Gasteiger partial charge on any atom is 0.249 e. The lowest BCUT2D eigenvalue weighted by molar-refractivity contribution is 0.269. The maximum atomic E-state index is 9.10. The number of fused-ring (bicyclic) bond motifs is 3. The summed E-state index contributed by atoms with van der Waals surface area (Å²) in [6.07, 6.45) is 8.07. The number of nitrogens with zero attached hydrogens (tertiary/aromatic N) is 7. The summed E-state index contributed by atoms with van der Waals surface area (Å²) in [5, 5.41) is 22.5. The molecule has 9 nitrogen and oxygen atoms in total. The van der Waals surface area contributed by atoms with E-state index in [4.69, 9.17) is 14.9 Å². The van der Waals surface area contributed by atoms with E-state index >= 15 is 0 Å². The Kier molecular flexibility index (Phi) is 4.59. The Bertz CT molecular complexity index is 1190. The van der Waals surface area contributed by atoms with Gasteiger partial charge in [0.05, 0.1) is 37.7 Å². The Balaban J connectivity index is 1.54. The molecule has 4 heterocycles. The third-order valence-electron chi connectivity index (χ3n) is 5.20. The van der Waals surface area contributed by atoms with Gasteiger partial charge in [-0.1, -0.05) is 6.07 Å². The summed E-state index contributed by atoms with van der Waals surface area (Å²) in [6.45, 7) is 5.25. The smallest absolute Gasteiger partial charge is 0.249 e. The molecule has 5 rings (SSSR count). The molecule has 0 saturated carbocycles.